The Balaban J connectivity index is 1.14. The first-order valence-corrected chi connectivity index (χ1v) is 15.7. The van der Waals surface area contributed by atoms with Crippen LogP contribution in [0.2, 0.25) is 0 Å². The number of fused-ring (bicyclic) bond motifs is 6. The molecular weight excluding hydrogens is 569 g/mol. The summed E-state index contributed by atoms with van der Waals surface area (Å²) < 4.78 is 2.32. The molecule has 0 N–H and O–H groups in total. The molecule has 0 saturated carbocycles. The number of aromatic nitrogens is 4. The van der Waals surface area contributed by atoms with E-state index in [1.165, 1.54) is 10.1 Å². The summed E-state index contributed by atoms with van der Waals surface area (Å²) in [4.78, 5) is 20.4. The van der Waals surface area contributed by atoms with Crippen molar-refractivity contribution < 1.29 is 0 Å². The van der Waals surface area contributed by atoms with Crippen LogP contribution in [-0.2, 0) is 0 Å². The molecule has 0 unspecified atom stereocenters. The maximum atomic E-state index is 5.12. The molecule has 0 radical (unpaired) electrons. The van der Waals surface area contributed by atoms with E-state index in [1.807, 2.05) is 18.2 Å². The van der Waals surface area contributed by atoms with E-state index >= 15 is 0 Å². The number of para-hydroxylation sites is 1. The van der Waals surface area contributed by atoms with Gasteiger partial charge in [-0.25, -0.2) is 19.9 Å². The predicted molar refractivity (Wildman–Crippen MR) is 187 cm³/mol. The van der Waals surface area contributed by atoms with Gasteiger partial charge in [-0.3, -0.25) is 0 Å². The van der Waals surface area contributed by atoms with E-state index < -0.39 is 0 Å². The highest BCUT2D eigenvalue weighted by Crippen LogP contribution is 2.39. The third-order valence-corrected chi connectivity index (χ3v) is 9.47. The largest absolute Gasteiger partial charge is 0.246 e. The molecule has 0 bridgehead atoms. The van der Waals surface area contributed by atoms with Crippen LogP contribution in [0, 0.1) is 0 Å². The van der Waals surface area contributed by atoms with E-state index in [1.54, 1.807) is 11.3 Å². The fraction of sp³-hybridized carbons (Fsp3) is 0. The van der Waals surface area contributed by atoms with Crippen LogP contribution in [0.5, 0.6) is 0 Å². The van der Waals surface area contributed by atoms with Gasteiger partial charge >= 0.3 is 0 Å². The first-order valence-electron chi connectivity index (χ1n) is 14.9. The summed E-state index contributed by atoms with van der Waals surface area (Å²) in [6.45, 7) is 0. The number of benzene rings is 5. The number of thiophene rings is 1. The molecule has 5 aromatic carbocycles. The van der Waals surface area contributed by atoms with Gasteiger partial charge in [-0.1, -0.05) is 121 Å². The quantitative estimate of drug-likeness (QED) is 0.191. The van der Waals surface area contributed by atoms with Gasteiger partial charge in [0.2, 0.25) is 0 Å². The lowest BCUT2D eigenvalue weighted by atomic mass is 10.0. The average molecular weight is 593 g/mol. The normalized spacial score (nSPS) is 11.6. The molecule has 210 valence electrons. The van der Waals surface area contributed by atoms with E-state index in [9.17, 15) is 0 Å². The Bertz CT molecular complexity index is 2540. The van der Waals surface area contributed by atoms with Crippen LogP contribution in [0.4, 0.5) is 0 Å². The van der Waals surface area contributed by atoms with E-state index in [0.717, 1.165) is 71.4 Å². The van der Waals surface area contributed by atoms with Gasteiger partial charge in [-0.15, -0.1) is 11.3 Å². The minimum Gasteiger partial charge on any atom is -0.246 e. The van der Waals surface area contributed by atoms with Crippen molar-refractivity contribution in [2.24, 2.45) is 0 Å². The Labute approximate surface area is 263 Å². The van der Waals surface area contributed by atoms with Crippen molar-refractivity contribution in [2.45, 2.75) is 0 Å². The summed E-state index contributed by atoms with van der Waals surface area (Å²) in [5.41, 5.74) is 8.63. The zero-order chi connectivity index (χ0) is 29.7. The smallest absolute Gasteiger partial charge is 0.160 e. The van der Waals surface area contributed by atoms with Crippen molar-refractivity contribution in [1.29, 1.82) is 0 Å². The van der Waals surface area contributed by atoms with Crippen LogP contribution in [-0.4, -0.2) is 19.9 Å². The third kappa shape index (κ3) is 4.36. The summed E-state index contributed by atoms with van der Waals surface area (Å²) >= 11 is 1.75. The lowest BCUT2D eigenvalue weighted by molar-refractivity contribution is 1.24. The first-order chi connectivity index (χ1) is 22.3. The van der Waals surface area contributed by atoms with E-state index in [-0.39, 0.29) is 0 Å². The van der Waals surface area contributed by atoms with Gasteiger partial charge in [-0.05, 0) is 29.7 Å². The lowest BCUT2D eigenvalue weighted by Crippen LogP contribution is -1.94. The molecule has 0 spiro atoms. The van der Waals surface area contributed by atoms with E-state index in [4.69, 9.17) is 19.9 Å². The zero-order valence-electron chi connectivity index (χ0n) is 24.1. The average Bonchev–Trinajstić information content (AvgIpc) is 3.50. The molecule has 4 aromatic heterocycles. The van der Waals surface area contributed by atoms with Crippen molar-refractivity contribution >= 4 is 53.3 Å². The van der Waals surface area contributed by atoms with Crippen LogP contribution >= 0.6 is 11.3 Å². The second-order valence-electron chi connectivity index (χ2n) is 11.0. The van der Waals surface area contributed by atoms with Crippen LogP contribution in [0.25, 0.3) is 87.3 Å². The number of nitrogens with zero attached hydrogens (tertiary/aromatic N) is 4. The Kier molecular flexibility index (Phi) is 5.96. The van der Waals surface area contributed by atoms with Crippen molar-refractivity contribution in [3.63, 3.8) is 0 Å². The molecule has 45 heavy (non-hydrogen) atoms. The Morgan fingerprint density at radius 3 is 1.89 bits per heavy atom. The highest BCUT2D eigenvalue weighted by atomic mass is 32.1. The fourth-order valence-electron chi connectivity index (χ4n) is 6.13. The SMILES string of the molecule is c1ccc(-c2nc(-c3ccc(-c4cccc(-c5nc6ccccc6c6ccccc56)n4)cc3)nc3c2sc2ccccc23)cc1. The maximum Gasteiger partial charge on any atom is 0.160 e. The first kappa shape index (κ1) is 25.7. The molecule has 0 saturated heterocycles. The van der Waals surface area contributed by atoms with Gasteiger partial charge < -0.3 is 0 Å². The highest BCUT2D eigenvalue weighted by molar-refractivity contribution is 7.26. The van der Waals surface area contributed by atoms with Gasteiger partial charge in [0.05, 0.1) is 38.5 Å². The second-order valence-corrected chi connectivity index (χ2v) is 12.1. The van der Waals surface area contributed by atoms with Crippen molar-refractivity contribution in [3.05, 3.63) is 146 Å². The van der Waals surface area contributed by atoms with Crippen LogP contribution in [0.3, 0.4) is 0 Å². The maximum absolute atomic E-state index is 5.12. The van der Waals surface area contributed by atoms with Gasteiger partial charge in [0.1, 0.15) is 0 Å². The number of hydrogen-bond acceptors (Lipinski definition) is 5. The van der Waals surface area contributed by atoms with E-state index in [0.29, 0.717) is 5.82 Å². The van der Waals surface area contributed by atoms with Gasteiger partial charge in [0.15, 0.2) is 5.82 Å². The predicted octanol–water partition coefficient (Wildman–Crippen LogP) is 10.6. The standard InChI is InChI=1S/C40H24N4S/c1-2-11-26(12-3-1)36-39-38(31-16-7-9-20-35(31)45-39)44-40(43-36)27-23-21-25(22-24-27)32-18-10-19-34(41-32)37-30-15-5-4-13-28(30)29-14-6-8-17-33(29)42-37/h1-24H. The number of pyridine rings is 2. The monoisotopic (exact) mass is 592 g/mol. The molecule has 0 aliphatic rings. The van der Waals surface area contributed by atoms with Gasteiger partial charge in [-0.2, -0.15) is 0 Å². The topological polar surface area (TPSA) is 51.6 Å². The van der Waals surface area contributed by atoms with Crippen molar-refractivity contribution in [2.75, 3.05) is 0 Å². The Hall–Kier alpha value is -5.78. The van der Waals surface area contributed by atoms with Gasteiger partial charge in [0, 0.05) is 37.5 Å². The highest BCUT2D eigenvalue weighted by Gasteiger charge is 2.17. The molecule has 4 heterocycles. The van der Waals surface area contributed by atoms with Crippen LogP contribution in [0.1, 0.15) is 0 Å². The molecule has 5 heteroatoms. The van der Waals surface area contributed by atoms with E-state index in [2.05, 4.69) is 127 Å². The molecule has 0 fully saturated rings. The van der Waals surface area contributed by atoms with Crippen LogP contribution < -0.4 is 0 Å². The summed E-state index contributed by atoms with van der Waals surface area (Å²) in [5.74, 6) is 0.713. The summed E-state index contributed by atoms with van der Waals surface area (Å²) in [5, 5.41) is 4.58. The molecule has 0 amide bonds. The van der Waals surface area contributed by atoms with Crippen molar-refractivity contribution in [1.82, 2.24) is 19.9 Å². The van der Waals surface area contributed by atoms with Crippen LogP contribution in [0.15, 0.2) is 146 Å². The second kappa shape index (κ2) is 10.4. The molecule has 0 aliphatic heterocycles. The molecule has 9 aromatic rings. The summed E-state index contributed by atoms with van der Waals surface area (Å²) in [6.07, 6.45) is 0. The lowest BCUT2D eigenvalue weighted by Gasteiger charge is -2.11. The van der Waals surface area contributed by atoms with Gasteiger partial charge in [0.25, 0.3) is 0 Å². The molecule has 0 aliphatic carbocycles. The molecule has 4 nitrogen and oxygen atoms in total. The number of rotatable bonds is 4. The summed E-state index contributed by atoms with van der Waals surface area (Å²) in [6, 6.07) is 50.1. The minimum atomic E-state index is 0.713. The molecule has 9 rings (SSSR count). The minimum absolute atomic E-state index is 0.713. The molecule has 0 atom stereocenters. The zero-order valence-corrected chi connectivity index (χ0v) is 24.9. The fourth-order valence-corrected chi connectivity index (χ4v) is 7.28. The molecular formula is C40H24N4S. The Morgan fingerprint density at radius 1 is 0.378 bits per heavy atom. The van der Waals surface area contributed by atoms with Crippen molar-refractivity contribution in [3.8, 4) is 45.3 Å². The number of hydrogen-bond donors (Lipinski definition) is 0. The third-order valence-electron chi connectivity index (χ3n) is 8.31. The summed E-state index contributed by atoms with van der Waals surface area (Å²) in [7, 11) is 0. The Morgan fingerprint density at radius 2 is 1.04 bits per heavy atom.